The van der Waals surface area contributed by atoms with Crippen LogP contribution in [-0.2, 0) is 18.2 Å². The Hall–Kier alpha value is -2.82. The number of ether oxygens (including phenoxy) is 1. The van der Waals surface area contributed by atoms with Gasteiger partial charge in [0.1, 0.15) is 18.5 Å². The summed E-state index contributed by atoms with van der Waals surface area (Å²) in [6, 6.07) is 11.2. The van der Waals surface area contributed by atoms with Crippen molar-refractivity contribution in [2.45, 2.75) is 117 Å². The standard InChI is InChI=1S/C32H48N7O5PSi/c1-21(2)39(22(3)4)45(41-18-14-17-33)43-26-23(5)42-31(27(26)44-46(9,10)32(6,7)8)38-20-36-25-28(34-19-35-29(25)38)37-30(40)24-15-12-11-13-16-24/h11-13,15-16,19-23,26-27,31H,14,18H2,1-10H3,(H,34,35,37,40)/t23-,26+,27?,31-,45?/m1/s1/i5D. The molecule has 0 saturated carbocycles. The SMILES string of the molecule is [2H]C[C@H]1O[C@@H](n2cnc3c(NC(=O)c4ccccc4)ncnc32)C(O[Si](C)(C)C(C)(C)C)[C@H]1OP(OCCC#N)N(C(C)C)C(C)C. The number of anilines is 1. The molecule has 5 atom stereocenters. The number of aromatic nitrogens is 4. The number of amides is 1. The van der Waals surface area contributed by atoms with E-state index in [0.717, 1.165) is 0 Å². The highest BCUT2D eigenvalue weighted by atomic mass is 31.2. The van der Waals surface area contributed by atoms with Crippen molar-refractivity contribution < 1.29 is 24.4 Å². The highest BCUT2D eigenvalue weighted by Gasteiger charge is 2.52. The molecule has 1 aromatic carbocycles. The maximum absolute atomic E-state index is 13.0. The van der Waals surface area contributed by atoms with Gasteiger partial charge in [0.15, 0.2) is 31.5 Å². The number of hydrogen-bond donors (Lipinski definition) is 1. The normalized spacial score (nSPS) is 21.6. The average Bonchev–Trinajstić information content (AvgIpc) is 3.58. The van der Waals surface area contributed by atoms with Gasteiger partial charge in [-0.3, -0.25) is 9.36 Å². The van der Waals surface area contributed by atoms with Crippen molar-refractivity contribution in [2.75, 3.05) is 11.9 Å². The van der Waals surface area contributed by atoms with Gasteiger partial charge in [-0.15, -0.1) is 0 Å². The fraction of sp³-hybridized carbons (Fsp3) is 0.594. The summed E-state index contributed by atoms with van der Waals surface area (Å²) in [5.74, 6) is -0.0463. The third-order valence-electron chi connectivity index (χ3n) is 8.30. The van der Waals surface area contributed by atoms with Gasteiger partial charge in [0.2, 0.25) is 0 Å². The Morgan fingerprint density at radius 3 is 2.48 bits per heavy atom. The largest absolute Gasteiger partial charge is 0.407 e. The van der Waals surface area contributed by atoms with E-state index in [0.29, 0.717) is 16.7 Å². The van der Waals surface area contributed by atoms with E-state index in [1.165, 1.54) is 6.33 Å². The lowest BCUT2D eigenvalue weighted by Crippen LogP contribution is -2.49. The Kier molecular flexibility index (Phi) is 11.2. The molecule has 12 nitrogen and oxygen atoms in total. The second-order valence-corrected chi connectivity index (χ2v) is 19.6. The van der Waals surface area contributed by atoms with Crippen molar-refractivity contribution in [1.82, 2.24) is 24.2 Å². The summed E-state index contributed by atoms with van der Waals surface area (Å²) in [5, 5.41) is 11.9. The minimum absolute atomic E-state index is 0.0801. The summed E-state index contributed by atoms with van der Waals surface area (Å²) in [6.45, 7) is 19.3. The van der Waals surface area contributed by atoms with Crippen molar-refractivity contribution in [1.29, 1.82) is 5.26 Å². The summed E-state index contributed by atoms with van der Waals surface area (Å²) >= 11 is 0. The molecule has 4 rings (SSSR count). The number of imidazole rings is 1. The van der Waals surface area contributed by atoms with E-state index in [1.54, 1.807) is 35.2 Å². The third kappa shape index (κ3) is 8.00. The zero-order valence-electron chi connectivity index (χ0n) is 29.3. The first-order valence-electron chi connectivity index (χ1n) is 16.3. The molecule has 3 aromatic rings. The molecule has 2 unspecified atom stereocenters. The zero-order chi connectivity index (χ0) is 34.5. The molecular weight excluding hydrogens is 621 g/mol. The minimum Gasteiger partial charge on any atom is -0.407 e. The molecule has 1 aliphatic rings. The molecule has 14 heteroatoms. The van der Waals surface area contributed by atoms with Crippen LogP contribution in [0.4, 0.5) is 5.82 Å². The molecule has 1 amide bonds. The average molecular weight is 671 g/mol. The Balaban J connectivity index is 1.76. The Morgan fingerprint density at radius 1 is 1.17 bits per heavy atom. The first-order chi connectivity index (χ1) is 22.2. The molecule has 0 aliphatic carbocycles. The monoisotopic (exact) mass is 670 g/mol. The minimum atomic E-state index is -2.43. The molecule has 0 spiro atoms. The van der Waals surface area contributed by atoms with E-state index in [2.05, 4.69) is 92.6 Å². The second-order valence-electron chi connectivity index (χ2n) is 13.4. The molecule has 1 aliphatic heterocycles. The Bertz CT molecular complexity index is 1520. The van der Waals surface area contributed by atoms with Crippen LogP contribution in [0.5, 0.6) is 0 Å². The number of nitrogens with zero attached hydrogens (tertiary/aromatic N) is 6. The topological polar surface area (TPSA) is 137 Å². The maximum Gasteiger partial charge on any atom is 0.259 e. The summed E-state index contributed by atoms with van der Waals surface area (Å²) < 4.78 is 39.3. The smallest absolute Gasteiger partial charge is 0.259 e. The van der Waals surface area contributed by atoms with Crippen molar-refractivity contribution in [3.05, 3.63) is 48.5 Å². The van der Waals surface area contributed by atoms with Gasteiger partial charge in [-0.25, -0.2) is 19.6 Å². The highest BCUT2D eigenvalue weighted by molar-refractivity contribution is 7.44. The molecule has 1 fully saturated rings. The van der Waals surface area contributed by atoms with Crippen LogP contribution < -0.4 is 5.32 Å². The van der Waals surface area contributed by atoms with E-state index in [1.807, 2.05) is 6.07 Å². The molecule has 1 saturated heterocycles. The molecule has 46 heavy (non-hydrogen) atoms. The number of nitrogens with one attached hydrogen (secondary N) is 1. The summed E-state index contributed by atoms with van der Waals surface area (Å²) in [6.07, 6.45) is 0.492. The quantitative estimate of drug-likeness (QED) is 0.114. The predicted octanol–water partition coefficient (Wildman–Crippen LogP) is 7.05. The fourth-order valence-electron chi connectivity index (χ4n) is 5.00. The van der Waals surface area contributed by atoms with Crippen LogP contribution in [-0.4, -0.2) is 75.4 Å². The van der Waals surface area contributed by atoms with Gasteiger partial charge in [-0.2, -0.15) is 5.26 Å². The number of hydrogen-bond acceptors (Lipinski definition) is 10. The van der Waals surface area contributed by atoms with Crippen molar-refractivity contribution in [3.63, 3.8) is 0 Å². The number of benzene rings is 1. The van der Waals surface area contributed by atoms with Crippen LogP contribution in [0.15, 0.2) is 43.0 Å². The molecular formula is C32H48N7O5PSi. The molecule has 3 heterocycles. The Morgan fingerprint density at radius 2 is 1.87 bits per heavy atom. The predicted molar refractivity (Wildman–Crippen MR) is 181 cm³/mol. The van der Waals surface area contributed by atoms with Gasteiger partial charge < -0.3 is 23.5 Å². The van der Waals surface area contributed by atoms with Gasteiger partial charge in [0.05, 0.1) is 31.5 Å². The lowest BCUT2D eigenvalue weighted by atomic mass is 10.1. The van der Waals surface area contributed by atoms with Crippen LogP contribution in [0.2, 0.25) is 18.1 Å². The third-order valence-corrected chi connectivity index (χ3v) is 14.9. The van der Waals surface area contributed by atoms with Gasteiger partial charge in [0.25, 0.3) is 14.4 Å². The van der Waals surface area contributed by atoms with Crippen molar-refractivity contribution in [2.24, 2.45) is 0 Å². The van der Waals surface area contributed by atoms with Gasteiger partial charge in [0, 0.05) is 19.0 Å². The molecule has 2 aromatic heterocycles. The first kappa shape index (κ1) is 34.5. The summed E-state index contributed by atoms with van der Waals surface area (Å²) in [5.41, 5.74) is 1.33. The van der Waals surface area contributed by atoms with Crippen LogP contribution in [0.1, 0.15) is 79.7 Å². The zero-order valence-corrected chi connectivity index (χ0v) is 30.2. The van der Waals surface area contributed by atoms with E-state index >= 15 is 0 Å². The summed E-state index contributed by atoms with van der Waals surface area (Å²) in [4.78, 5) is 26.4. The maximum atomic E-state index is 13.0. The molecule has 0 radical (unpaired) electrons. The van der Waals surface area contributed by atoms with Crippen LogP contribution in [0, 0.1) is 11.3 Å². The number of carbonyl (C=O) groups is 1. The number of rotatable bonds is 13. The fourth-order valence-corrected chi connectivity index (χ4v) is 8.05. The molecule has 250 valence electrons. The second kappa shape index (κ2) is 14.9. The number of nitriles is 1. The molecule has 0 bridgehead atoms. The van der Waals surface area contributed by atoms with Crippen LogP contribution in [0.25, 0.3) is 11.2 Å². The van der Waals surface area contributed by atoms with E-state index in [4.69, 9.17) is 19.6 Å². The highest BCUT2D eigenvalue weighted by Crippen LogP contribution is 2.52. The van der Waals surface area contributed by atoms with E-state index in [9.17, 15) is 10.1 Å². The summed E-state index contributed by atoms with van der Waals surface area (Å²) in [7, 11) is -4.08. The van der Waals surface area contributed by atoms with Crippen molar-refractivity contribution >= 4 is 39.7 Å². The van der Waals surface area contributed by atoms with Crippen LogP contribution in [0.3, 0.4) is 0 Å². The molecule has 1 N–H and O–H groups in total. The van der Waals surface area contributed by atoms with Gasteiger partial charge >= 0.3 is 0 Å². The van der Waals surface area contributed by atoms with Gasteiger partial charge in [-0.05, 0) is 64.9 Å². The lowest BCUT2D eigenvalue weighted by molar-refractivity contribution is -0.0260. The van der Waals surface area contributed by atoms with Crippen LogP contribution >= 0.6 is 8.53 Å². The lowest BCUT2D eigenvalue weighted by Gasteiger charge is -2.42. The van der Waals surface area contributed by atoms with Crippen molar-refractivity contribution in [3.8, 4) is 6.07 Å². The number of carbonyl (C=O) groups excluding carboxylic acids is 1. The number of fused-ring (bicyclic) bond motifs is 1. The first-order valence-corrected chi connectivity index (χ1v) is 19.7. The van der Waals surface area contributed by atoms with E-state index in [-0.39, 0.29) is 48.8 Å². The van der Waals surface area contributed by atoms with Gasteiger partial charge in [-0.1, -0.05) is 39.0 Å². The Labute approximate surface area is 276 Å². The van der Waals surface area contributed by atoms with E-state index < -0.39 is 41.4 Å².